The van der Waals surface area contributed by atoms with Gasteiger partial charge in [-0.1, -0.05) is 12.1 Å². The number of hydrogen-bond donors (Lipinski definition) is 2. The Labute approximate surface area is 108 Å². The SMILES string of the molecule is CCOC(=O)C1CCCNC1c1cccc(N)c1. The van der Waals surface area contributed by atoms with E-state index < -0.39 is 0 Å². The van der Waals surface area contributed by atoms with Crippen LogP contribution in [0.5, 0.6) is 0 Å². The van der Waals surface area contributed by atoms with E-state index in [0.717, 1.165) is 30.6 Å². The molecule has 2 atom stereocenters. The third-order valence-electron chi connectivity index (χ3n) is 3.32. The van der Waals surface area contributed by atoms with Gasteiger partial charge in [0.1, 0.15) is 0 Å². The van der Waals surface area contributed by atoms with Gasteiger partial charge in [-0.05, 0) is 44.0 Å². The van der Waals surface area contributed by atoms with Gasteiger partial charge in [-0.25, -0.2) is 0 Å². The summed E-state index contributed by atoms with van der Waals surface area (Å²) >= 11 is 0. The maximum atomic E-state index is 12.0. The van der Waals surface area contributed by atoms with Crippen molar-refractivity contribution >= 4 is 11.7 Å². The van der Waals surface area contributed by atoms with E-state index in [1.54, 1.807) is 0 Å². The van der Waals surface area contributed by atoms with Crippen molar-refractivity contribution in [3.05, 3.63) is 29.8 Å². The van der Waals surface area contributed by atoms with Gasteiger partial charge in [0.05, 0.1) is 12.5 Å². The van der Waals surface area contributed by atoms with E-state index in [1.165, 1.54) is 0 Å². The maximum absolute atomic E-state index is 12.0. The number of carbonyl (C=O) groups is 1. The number of hydrogen-bond acceptors (Lipinski definition) is 4. The Morgan fingerprint density at radius 1 is 1.56 bits per heavy atom. The first-order valence-electron chi connectivity index (χ1n) is 6.48. The summed E-state index contributed by atoms with van der Waals surface area (Å²) in [4.78, 5) is 12.0. The second-order valence-corrected chi connectivity index (χ2v) is 4.60. The van der Waals surface area contributed by atoms with Gasteiger partial charge in [0.15, 0.2) is 0 Å². The highest BCUT2D eigenvalue weighted by Gasteiger charge is 2.32. The van der Waals surface area contributed by atoms with Crippen molar-refractivity contribution < 1.29 is 9.53 Å². The van der Waals surface area contributed by atoms with Crippen LogP contribution in [0.1, 0.15) is 31.4 Å². The second-order valence-electron chi connectivity index (χ2n) is 4.60. The molecule has 3 N–H and O–H groups in total. The fourth-order valence-electron chi connectivity index (χ4n) is 2.49. The van der Waals surface area contributed by atoms with E-state index in [0.29, 0.717) is 6.61 Å². The summed E-state index contributed by atoms with van der Waals surface area (Å²) in [6.45, 7) is 3.19. The van der Waals surface area contributed by atoms with Gasteiger partial charge in [-0.15, -0.1) is 0 Å². The molecule has 1 saturated heterocycles. The van der Waals surface area contributed by atoms with E-state index in [4.69, 9.17) is 10.5 Å². The van der Waals surface area contributed by atoms with Gasteiger partial charge in [0, 0.05) is 11.7 Å². The fraction of sp³-hybridized carbons (Fsp3) is 0.500. The summed E-state index contributed by atoms with van der Waals surface area (Å²) in [7, 11) is 0. The number of esters is 1. The van der Waals surface area contributed by atoms with E-state index >= 15 is 0 Å². The molecule has 1 heterocycles. The van der Waals surface area contributed by atoms with Crippen molar-refractivity contribution in [2.75, 3.05) is 18.9 Å². The number of anilines is 1. The van der Waals surface area contributed by atoms with Crippen LogP contribution >= 0.6 is 0 Å². The molecule has 4 nitrogen and oxygen atoms in total. The minimum absolute atomic E-state index is 0.0151. The van der Waals surface area contributed by atoms with Crippen molar-refractivity contribution in [3.8, 4) is 0 Å². The largest absolute Gasteiger partial charge is 0.466 e. The molecule has 0 saturated carbocycles. The first-order valence-corrected chi connectivity index (χ1v) is 6.48. The molecule has 2 unspecified atom stereocenters. The Kier molecular flexibility index (Phi) is 4.20. The van der Waals surface area contributed by atoms with Crippen LogP contribution in [-0.2, 0) is 9.53 Å². The van der Waals surface area contributed by atoms with Gasteiger partial charge in [0.2, 0.25) is 0 Å². The van der Waals surface area contributed by atoms with Crippen molar-refractivity contribution in [1.29, 1.82) is 0 Å². The lowest BCUT2D eigenvalue weighted by atomic mass is 9.86. The van der Waals surface area contributed by atoms with E-state index in [2.05, 4.69) is 5.32 Å². The molecule has 0 aromatic heterocycles. The summed E-state index contributed by atoms with van der Waals surface area (Å²) in [5.74, 6) is -0.224. The summed E-state index contributed by atoms with van der Waals surface area (Å²) in [6, 6.07) is 7.72. The molecule has 0 spiro atoms. The average Bonchev–Trinajstić information content (AvgIpc) is 2.39. The van der Waals surface area contributed by atoms with Crippen molar-refractivity contribution in [3.63, 3.8) is 0 Å². The monoisotopic (exact) mass is 248 g/mol. The minimum atomic E-state index is -0.114. The molecule has 2 rings (SSSR count). The van der Waals surface area contributed by atoms with E-state index in [1.807, 2.05) is 31.2 Å². The normalized spacial score (nSPS) is 23.6. The standard InChI is InChI=1S/C14H20N2O2/c1-2-18-14(17)12-7-4-8-16-13(12)10-5-3-6-11(15)9-10/h3,5-6,9,12-13,16H,2,4,7-8,15H2,1H3. The Hall–Kier alpha value is -1.55. The molecular weight excluding hydrogens is 228 g/mol. The van der Waals surface area contributed by atoms with E-state index in [-0.39, 0.29) is 17.9 Å². The number of piperidine rings is 1. The highest BCUT2D eigenvalue weighted by atomic mass is 16.5. The Balaban J connectivity index is 2.20. The quantitative estimate of drug-likeness (QED) is 0.633. The third kappa shape index (κ3) is 2.82. The zero-order chi connectivity index (χ0) is 13.0. The Bertz CT molecular complexity index is 420. The number of rotatable bonds is 3. The summed E-state index contributed by atoms with van der Waals surface area (Å²) in [5, 5.41) is 3.40. The van der Waals surface area contributed by atoms with Crippen LogP contribution in [0.4, 0.5) is 5.69 Å². The second kappa shape index (κ2) is 5.87. The molecular formula is C14H20N2O2. The predicted molar refractivity (Wildman–Crippen MR) is 71.0 cm³/mol. The molecule has 1 aliphatic heterocycles. The van der Waals surface area contributed by atoms with Crippen LogP contribution in [0.3, 0.4) is 0 Å². The molecule has 0 radical (unpaired) electrons. The number of nitrogens with one attached hydrogen (secondary N) is 1. The van der Waals surface area contributed by atoms with Crippen LogP contribution in [-0.4, -0.2) is 19.1 Å². The van der Waals surface area contributed by atoms with Crippen LogP contribution < -0.4 is 11.1 Å². The van der Waals surface area contributed by atoms with Gasteiger partial charge in [-0.3, -0.25) is 4.79 Å². The number of nitrogens with two attached hydrogens (primary N) is 1. The minimum Gasteiger partial charge on any atom is -0.466 e. The fourth-order valence-corrected chi connectivity index (χ4v) is 2.49. The lowest BCUT2D eigenvalue weighted by Gasteiger charge is -2.31. The lowest BCUT2D eigenvalue weighted by molar-refractivity contribution is -0.150. The number of nitrogen functional groups attached to an aromatic ring is 1. The molecule has 1 fully saturated rings. The molecule has 0 amide bonds. The van der Waals surface area contributed by atoms with Crippen LogP contribution in [0.2, 0.25) is 0 Å². The van der Waals surface area contributed by atoms with Crippen molar-refractivity contribution in [2.24, 2.45) is 5.92 Å². The molecule has 1 aliphatic rings. The number of ether oxygens (including phenoxy) is 1. The Morgan fingerprint density at radius 3 is 3.11 bits per heavy atom. The average molecular weight is 248 g/mol. The van der Waals surface area contributed by atoms with Crippen molar-refractivity contribution in [1.82, 2.24) is 5.32 Å². The smallest absolute Gasteiger partial charge is 0.310 e. The predicted octanol–water partition coefficient (Wildman–Crippen LogP) is 1.87. The zero-order valence-electron chi connectivity index (χ0n) is 10.7. The van der Waals surface area contributed by atoms with Gasteiger partial charge in [0.25, 0.3) is 0 Å². The maximum Gasteiger partial charge on any atom is 0.310 e. The lowest BCUT2D eigenvalue weighted by Crippen LogP contribution is -2.39. The molecule has 0 bridgehead atoms. The Morgan fingerprint density at radius 2 is 2.39 bits per heavy atom. The van der Waals surface area contributed by atoms with Gasteiger partial charge >= 0.3 is 5.97 Å². The highest BCUT2D eigenvalue weighted by Crippen LogP contribution is 2.31. The first-order chi connectivity index (χ1) is 8.72. The first kappa shape index (κ1) is 12.9. The van der Waals surface area contributed by atoms with Crippen LogP contribution in [0.15, 0.2) is 24.3 Å². The molecule has 0 aliphatic carbocycles. The van der Waals surface area contributed by atoms with Gasteiger partial charge < -0.3 is 15.8 Å². The van der Waals surface area contributed by atoms with Crippen LogP contribution in [0, 0.1) is 5.92 Å². The van der Waals surface area contributed by atoms with Crippen LogP contribution in [0.25, 0.3) is 0 Å². The molecule has 98 valence electrons. The van der Waals surface area contributed by atoms with E-state index in [9.17, 15) is 4.79 Å². The highest BCUT2D eigenvalue weighted by molar-refractivity contribution is 5.74. The zero-order valence-corrected chi connectivity index (χ0v) is 10.7. The topological polar surface area (TPSA) is 64.3 Å². The summed E-state index contributed by atoms with van der Waals surface area (Å²) < 4.78 is 5.15. The molecule has 1 aromatic carbocycles. The summed E-state index contributed by atoms with van der Waals surface area (Å²) in [6.07, 6.45) is 1.87. The molecule has 4 heteroatoms. The molecule has 1 aromatic rings. The number of benzene rings is 1. The number of carbonyl (C=O) groups excluding carboxylic acids is 1. The molecule has 18 heavy (non-hydrogen) atoms. The van der Waals surface area contributed by atoms with Gasteiger partial charge in [-0.2, -0.15) is 0 Å². The third-order valence-corrected chi connectivity index (χ3v) is 3.32. The summed E-state index contributed by atoms with van der Waals surface area (Å²) in [5.41, 5.74) is 7.59. The van der Waals surface area contributed by atoms with Crippen molar-refractivity contribution in [2.45, 2.75) is 25.8 Å².